The number of aryl methyl sites for hydroxylation is 2. The Morgan fingerprint density at radius 3 is 2.83 bits per heavy atom. The van der Waals surface area contributed by atoms with Crippen LogP contribution in [0.2, 0.25) is 0 Å². The van der Waals surface area contributed by atoms with Crippen LogP contribution in [0.4, 0.5) is 5.13 Å². The van der Waals surface area contributed by atoms with E-state index in [0.29, 0.717) is 17.2 Å². The van der Waals surface area contributed by atoms with Crippen LogP contribution in [0.1, 0.15) is 28.6 Å². The summed E-state index contributed by atoms with van der Waals surface area (Å²) >= 11 is 1.48. The standard InChI is InChI=1S/C17H20N4OS/c1-11-13(3)23-17(19-11)20-16(22)12(2)21(4)10-15-7-5-6-14(8-15)9-18/h5-8,12H,10H2,1-4H3,(H,19,20,22). The van der Waals surface area contributed by atoms with Gasteiger partial charge in [-0.3, -0.25) is 9.69 Å². The van der Waals surface area contributed by atoms with Crippen molar-refractivity contribution < 1.29 is 4.79 Å². The van der Waals surface area contributed by atoms with Crippen LogP contribution >= 0.6 is 11.3 Å². The first-order chi connectivity index (χ1) is 10.9. The number of nitriles is 1. The number of nitrogens with one attached hydrogen (secondary N) is 1. The SMILES string of the molecule is Cc1nc(NC(=O)C(C)N(C)Cc2cccc(C#N)c2)sc1C. The lowest BCUT2D eigenvalue weighted by atomic mass is 10.1. The van der Waals surface area contributed by atoms with E-state index in [-0.39, 0.29) is 11.9 Å². The summed E-state index contributed by atoms with van der Waals surface area (Å²) in [5, 5.41) is 12.5. The first kappa shape index (κ1) is 17.1. The average molecular weight is 328 g/mol. The molecule has 1 atom stereocenters. The highest BCUT2D eigenvalue weighted by molar-refractivity contribution is 7.15. The van der Waals surface area contributed by atoms with Gasteiger partial charge in [-0.05, 0) is 45.5 Å². The van der Waals surface area contributed by atoms with Crippen molar-refractivity contribution in [2.24, 2.45) is 0 Å². The fraction of sp³-hybridized carbons (Fsp3) is 0.353. The number of hydrogen-bond donors (Lipinski definition) is 1. The van der Waals surface area contributed by atoms with Crippen molar-refractivity contribution in [1.29, 1.82) is 5.26 Å². The summed E-state index contributed by atoms with van der Waals surface area (Å²) < 4.78 is 0. The van der Waals surface area contributed by atoms with E-state index >= 15 is 0 Å². The second-order valence-electron chi connectivity index (χ2n) is 5.55. The zero-order valence-corrected chi connectivity index (χ0v) is 14.6. The van der Waals surface area contributed by atoms with Gasteiger partial charge in [-0.2, -0.15) is 5.26 Å². The largest absolute Gasteiger partial charge is 0.301 e. The minimum atomic E-state index is -0.301. The van der Waals surface area contributed by atoms with Crippen LogP contribution in [0.25, 0.3) is 0 Å². The zero-order valence-electron chi connectivity index (χ0n) is 13.8. The van der Waals surface area contributed by atoms with E-state index in [9.17, 15) is 4.79 Å². The van der Waals surface area contributed by atoms with Gasteiger partial charge in [0, 0.05) is 11.4 Å². The van der Waals surface area contributed by atoms with Gasteiger partial charge in [-0.15, -0.1) is 11.3 Å². The fourth-order valence-corrected chi connectivity index (χ4v) is 2.92. The molecule has 1 unspecified atom stereocenters. The quantitative estimate of drug-likeness (QED) is 0.916. The Labute approximate surface area is 140 Å². The number of benzene rings is 1. The molecule has 0 spiro atoms. The van der Waals surface area contributed by atoms with Crippen LogP contribution in [-0.4, -0.2) is 28.9 Å². The van der Waals surface area contributed by atoms with E-state index in [4.69, 9.17) is 5.26 Å². The molecular weight excluding hydrogens is 308 g/mol. The highest BCUT2D eigenvalue weighted by Gasteiger charge is 2.19. The zero-order chi connectivity index (χ0) is 17.0. The van der Waals surface area contributed by atoms with Gasteiger partial charge in [-0.25, -0.2) is 4.98 Å². The molecule has 5 nitrogen and oxygen atoms in total. The molecule has 0 aliphatic rings. The third kappa shape index (κ3) is 4.38. The average Bonchev–Trinajstić information content (AvgIpc) is 2.84. The fourth-order valence-electron chi connectivity index (χ4n) is 2.10. The molecule has 1 amide bonds. The number of anilines is 1. The lowest BCUT2D eigenvalue weighted by Crippen LogP contribution is -2.39. The third-order valence-corrected chi connectivity index (χ3v) is 4.78. The number of hydrogen-bond acceptors (Lipinski definition) is 5. The van der Waals surface area contributed by atoms with Crippen LogP contribution in [-0.2, 0) is 11.3 Å². The van der Waals surface area contributed by atoms with E-state index < -0.39 is 0 Å². The van der Waals surface area contributed by atoms with Gasteiger partial charge in [0.1, 0.15) is 0 Å². The molecule has 2 aromatic rings. The van der Waals surface area contributed by atoms with Crippen LogP contribution in [0, 0.1) is 25.2 Å². The Balaban J connectivity index is 1.99. The van der Waals surface area contributed by atoms with Crippen molar-refractivity contribution in [1.82, 2.24) is 9.88 Å². The molecule has 6 heteroatoms. The lowest BCUT2D eigenvalue weighted by Gasteiger charge is -2.23. The van der Waals surface area contributed by atoms with Crippen molar-refractivity contribution >= 4 is 22.4 Å². The van der Waals surface area contributed by atoms with Crippen LogP contribution in [0.5, 0.6) is 0 Å². The number of amides is 1. The highest BCUT2D eigenvalue weighted by Crippen LogP contribution is 2.21. The number of nitrogens with zero attached hydrogens (tertiary/aromatic N) is 3. The summed E-state index contributed by atoms with van der Waals surface area (Å²) in [6, 6.07) is 9.25. The Morgan fingerprint density at radius 2 is 2.22 bits per heavy atom. The van der Waals surface area contributed by atoms with Gasteiger partial charge in [0.05, 0.1) is 23.4 Å². The number of aromatic nitrogens is 1. The Bertz CT molecular complexity index is 728. The molecule has 1 N–H and O–H groups in total. The summed E-state index contributed by atoms with van der Waals surface area (Å²) in [6.07, 6.45) is 0. The van der Waals surface area contributed by atoms with Crippen molar-refractivity contribution in [3.05, 3.63) is 46.0 Å². The smallest absolute Gasteiger partial charge is 0.243 e. The molecule has 0 aliphatic heterocycles. The maximum absolute atomic E-state index is 12.3. The van der Waals surface area contributed by atoms with E-state index in [2.05, 4.69) is 16.4 Å². The van der Waals surface area contributed by atoms with E-state index in [0.717, 1.165) is 16.1 Å². The van der Waals surface area contributed by atoms with Gasteiger partial charge in [-0.1, -0.05) is 12.1 Å². The number of rotatable bonds is 5. The summed E-state index contributed by atoms with van der Waals surface area (Å²) in [6.45, 7) is 6.37. The molecule has 0 bridgehead atoms. The van der Waals surface area contributed by atoms with Gasteiger partial charge in [0.2, 0.25) is 5.91 Å². The van der Waals surface area contributed by atoms with Gasteiger partial charge in [0.25, 0.3) is 0 Å². The molecule has 23 heavy (non-hydrogen) atoms. The maximum atomic E-state index is 12.3. The molecule has 0 saturated carbocycles. The van der Waals surface area contributed by atoms with Gasteiger partial charge in [0.15, 0.2) is 5.13 Å². The Hall–Kier alpha value is -2.23. The first-order valence-corrected chi connectivity index (χ1v) is 8.16. The van der Waals surface area contributed by atoms with Crippen molar-refractivity contribution in [2.45, 2.75) is 33.4 Å². The summed E-state index contributed by atoms with van der Waals surface area (Å²) in [5.74, 6) is -0.0855. The molecule has 1 aromatic carbocycles. The van der Waals surface area contributed by atoms with Gasteiger partial charge < -0.3 is 5.32 Å². The minimum absolute atomic E-state index is 0.0855. The monoisotopic (exact) mass is 328 g/mol. The summed E-state index contributed by atoms with van der Waals surface area (Å²) in [4.78, 5) is 19.7. The maximum Gasteiger partial charge on any atom is 0.243 e. The Kier molecular flexibility index (Phi) is 5.48. The molecule has 1 aromatic heterocycles. The molecule has 2 rings (SSSR count). The van der Waals surface area contributed by atoms with Gasteiger partial charge >= 0.3 is 0 Å². The predicted molar refractivity (Wildman–Crippen MR) is 92.3 cm³/mol. The topological polar surface area (TPSA) is 69.0 Å². The first-order valence-electron chi connectivity index (χ1n) is 7.35. The minimum Gasteiger partial charge on any atom is -0.301 e. The second kappa shape index (κ2) is 7.36. The Morgan fingerprint density at radius 1 is 1.48 bits per heavy atom. The highest BCUT2D eigenvalue weighted by atomic mass is 32.1. The van der Waals surface area contributed by atoms with E-state index in [1.165, 1.54) is 11.3 Å². The molecule has 1 heterocycles. The van der Waals surface area contributed by atoms with Crippen LogP contribution < -0.4 is 5.32 Å². The number of likely N-dealkylation sites (N-methyl/N-ethyl adjacent to an activating group) is 1. The molecular formula is C17H20N4OS. The molecule has 120 valence electrons. The third-order valence-electron chi connectivity index (χ3n) is 3.79. The van der Waals surface area contributed by atoms with Crippen molar-refractivity contribution in [2.75, 3.05) is 12.4 Å². The molecule has 0 fully saturated rings. The molecule has 0 saturated heterocycles. The summed E-state index contributed by atoms with van der Waals surface area (Å²) in [7, 11) is 1.89. The predicted octanol–water partition coefficient (Wildman–Crippen LogP) is 3.09. The number of carbonyl (C=O) groups excluding carboxylic acids is 1. The summed E-state index contributed by atoms with van der Waals surface area (Å²) in [5.41, 5.74) is 2.58. The van der Waals surface area contributed by atoms with Crippen LogP contribution in [0.3, 0.4) is 0 Å². The lowest BCUT2D eigenvalue weighted by molar-refractivity contribution is -0.120. The van der Waals surface area contributed by atoms with Crippen LogP contribution in [0.15, 0.2) is 24.3 Å². The number of carbonyl (C=O) groups is 1. The molecule has 0 aliphatic carbocycles. The van der Waals surface area contributed by atoms with Crippen molar-refractivity contribution in [3.63, 3.8) is 0 Å². The normalized spacial score (nSPS) is 12.0. The van der Waals surface area contributed by atoms with E-state index in [1.807, 2.05) is 50.9 Å². The van der Waals surface area contributed by atoms with E-state index in [1.54, 1.807) is 6.07 Å². The van der Waals surface area contributed by atoms with Crippen molar-refractivity contribution in [3.8, 4) is 6.07 Å². The molecule has 0 radical (unpaired) electrons. The second-order valence-corrected chi connectivity index (χ2v) is 6.76. The number of thiazole rings is 1.